The summed E-state index contributed by atoms with van der Waals surface area (Å²) in [5, 5.41) is 6.01. The maximum atomic E-state index is 5.61. The average Bonchev–Trinajstić information content (AvgIpc) is 3.29. The van der Waals surface area contributed by atoms with Crippen molar-refractivity contribution in [3.8, 4) is 5.75 Å². The van der Waals surface area contributed by atoms with Gasteiger partial charge in [-0.05, 0) is 60.1 Å². The number of benzene rings is 1. The summed E-state index contributed by atoms with van der Waals surface area (Å²) in [6.07, 6.45) is 1.68. The predicted octanol–water partition coefficient (Wildman–Crippen LogP) is 4.75. The van der Waals surface area contributed by atoms with Crippen LogP contribution in [0.3, 0.4) is 0 Å². The number of rotatable bonds is 6. The molecule has 0 aliphatic heterocycles. The third-order valence-corrected chi connectivity index (χ3v) is 4.70. The minimum atomic E-state index is 0.618. The summed E-state index contributed by atoms with van der Waals surface area (Å²) >= 11 is 7.33. The average molecular weight is 358 g/mol. The molecule has 4 nitrogen and oxygen atoms in total. The molecule has 0 atom stereocenters. The van der Waals surface area contributed by atoms with E-state index >= 15 is 0 Å². The van der Waals surface area contributed by atoms with Gasteiger partial charge in [-0.2, -0.15) is 0 Å². The molecule has 3 aromatic rings. The van der Waals surface area contributed by atoms with Crippen LogP contribution < -0.4 is 10.1 Å². The summed E-state index contributed by atoms with van der Waals surface area (Å²) in [6.45, 7) is 1.35. The van der Waals surface area contributed by atoms with E-state index in [1.165, 1.54) is 4.88 Å². The second-order valence-corrected chi connectivity index (χ2v) is 6.59. The number of methoxy groups -OCH3 is 1. The zero-order valence-corrected chi connectivity index (χ0v) is 14.9. The van der Waals surface area contributed by atoms with E-state index in [1.54, 1.807) is 24.7 Å². The maximum absolute atomic E-state index is 5.61. The fourth-order valence-corrected chi connectivity index (χ4v) is 3.22. The monoisotopic (exact) mass is 358 g/mol. The highest BCUT2D eigenvalue weighted by Crippen LogP contribution is 2.19. The van der Waals surface area contributed by atoms with Crippen LogP contribution in [0, 0.1) is 0 Å². The normalized spacial score (nSPS) is 10.4. The van der Waals surface area contributed by atoms with Crippen molar-refractivity contribution in [2.75, 3.05) is 12.4 Å². The van der Waals surface area contributed by atoms with Gasteiger partial charge in [-0.15, -0.1) is 11.3 Å². The summed E-state index contributed by atoms with van der Waals surface area (Å²) in [5.41, 5.74) is 0.927. The molecule has 6 heteroatoms. The lowest BCUT2D eigenvalue weighted by molar-refractivity contribution is 0.362. The van der Waals surface area contributed by atoms with E-state index in [1.807, 2.05) is 42.5 Å². The Hall–Kier alpha value is -2.31. The Morgan fingerprint density at radius 2 is 2.00 bits per heavy atom. The minimum Gasteiger partial charge on any atom is -0.497 e. The number of ether oxygens (including phenoxy) is 1. The zero-order chi connectivity index (χ0) is 16.8. The molecule has 1 N–H and O–H groups in total. The van der Waals surface area contributed by atoms with Crippen molar-refractivity contribution in [1.29, 1.82) is 0 Å². The smallest absolute Gasteiger partial charge is 0.174 e. The Morgan fingerprint density at radius 3 is 2.62 bits per heavy atom. The van der Waals surface area contributed by atoms with Gasteiger partial charge in [0.2, 0.25) is 0 Å². The summed E-state index contributed by atoms with van der Waals surface area (Å²) < 4.78 is 10.7. The van der Waals surface area contributed by atoms with E-state index in [9.17, 15) is 0 Å². The molecular weight excluding hydrogens is 340 g/mol. The van der Waals surface area contributed by atoms with Gasteiger partial charge < -0.3 is 19.4 Å². The number of nitrogens with one attached hydrogen (secondary N) is 1. The minimum absolute atomic E-state index is 0.618. The van der Waals surface area contributed by atoms with Crippen molar-refractivity contribution in [3.63, 3.8) is 0 Å². The number of hydrogen-bond acceptors (Lipinski definition) is 4. The highest BCUT2D eigenvalue weighted by molar-refractivity contribution is 7.80. The van der Waals surface area contributed by atoms with Crippen molar-refractivity contribution in [2.45, 2.75) is 13.1 Å². The van der Waals surface area contributed by atoms with Crippen molar-refractivity contribution >= 4 is 34.4 Å². The highest BCUT2D eigenvalue weighted by atomic mass is 32.1. The Bertz CT molecular complexity index is 717. The van der Waals surface area contributed by atoms with Crippen LogP contribution >= 0.6 is 23.6 Å². The second-order valence-electron chi connectivity index (χ2n) is 5.17. The van der Waals surface area contributed by atoms with Crippen LogP contribution in [0.5, 0.6) is 5.75 Å². The zero-order valence-electron chi connectivity index (χ0n) is 13.3. The number of thiophene rings is 1. The first-order valence-corrected chi connectivity index (χ1v) is 8.78. The van der Waals surface area contributed by atoms with Crippen LogP contribution in [0.4, 0.5) is 5.69 Å². The van der Waals surface area contributed by atoms with Gasteiger partial charge in [0, 0.05) is 10.6 Å². The van der Waals surface area contributed by atoms with Crippen molar-refractivity contribution in [3.05, 3.63) is 70.8 Å². The first-order chi connectivity index (χ1) is 11.7. The molecule has 0 fully saturated rings. The third-order valence-electron chi connectivity index (χ3n) is 3.48. The molecule has 0 unspecified atom stereocenters. The number of furan rings is 1. The summed E-state index contributed by atoms with van der Waals surface area (Å²) in [5.74, 6) is 1.70. The van der Waals surface area contributed by atoms with Gasteiger partial charge >= 0.3 is 0 Å². The van der Waals surface area contributed by atoms with Crippen LogP contribution in [0.25, 0.3) is 0 Å². The van der Waals surface area contributed by atoms with Crippen molar-refractivity contribution < 1.29 is 9.15 Å². The van der Waals surface area contributed by atoms with E-state index in [2.05, 4.69) is 21.7 Å². The number of thiocarbonyl (C=S) groups is 1. The topological polar surface area (TPSA) is 37.6 Å². The Morgan fingerprint density at radius 1 is 1.17 bits per heavy atom. The molecule has 0 aliphatic carbocycles. The van der Waals surface area contributed by atoms with Crippen LogP contribution in [0.15, 0.2) is 64.6 Å². The van der Waals surface area contributed by atoms with Crippen molar-refractivity contribution in [1.82, 2.24) is 4.90 Å². The van der Waals surface area contributed by atoms with E-state index in [0.717, 1.165) is 23.7 Å². The molecule has 0 saturated heterocycles. The van der Waals surface area contributed by atoms with Crippen LogP contribution in [-0.4, -0.2) is 17.1 Å². The van der Waals surface area contributed by atoms with E-state index in [4.69, 9.17) is 21.4 Å². The summed E-state index contributed by atoms with van der Waals surface area (Å²) in [6, 6.07) is 15.7. The molecule has 1 aromatic carbocycles. The van der Waals surface area contributed by atoms with Gasteiger partial charge in [0.25, 0.3) is 0 Å². The van der Waals surface area contributed by atoms with Crippen LogP contribution in [0.2, 0.25) is 0 Å². The maximum Gasteiger partial charge on any atom is 0.174 e. The molecule has 0 bridgehead atoms. The van der Waals surface area contributed by atoms with Gasteiger partial charge in [-0.3, -0.25) is 0 Å². The third kappa shape index (κ3) is 4.37. The Balaban J connectivity index is 1.71. The molecule has 24 heavy (non-hydrogen) atoms. The van der Waals surface area contributed by atoms with Crippen LogP contribution in [-0.2, 0) is 13.1 Å². The quantitative estimate of drug-likeness (QED) is 0.644. The molecule has 0 saturated carbocycles. The van der Waals surface area contributed by atoms with Gasteiger partial charge in [-0.1, -0.05) is 6.07 Å². The van der Waals surface area contributed by atoms with E-state index in [-0.39, 0.29) is 0 Å². The Labute approximate surface area is 150 Å². The number of nitrogens with zero attached hydrogens (tertiary/aromatic N) is 1. The van der Waals surface area contributed by atoms with Crippen LogP contribution in [0.1, 0.15) is 10.6 Å². The molecule has 0 radical (unpaired) electrons. The molecule has 124 valence electrons. The first-order valence-electron chi connectivity index (χ1n) is 7.49. The molecule has 2 heterocycles. The predicted molar refractivity (Wildman–Crippen MR) is 101 cm³/mol. The van der Waals surface area contributed by atoms with E-state index < -0.39 is 0 Å². The molecule has 2 aromatic heterocycles. The molecule has 0 spiro atoms. The molecular formula is C18H18N2O2S2. The molecule has 3 rings (SSSR count). The lowest BCUT2D eigenvalue weighted by atomic mass is 10.3. The summed E-state index contributed by atoms with van der Waals surface area (Å²) in [4.78, 5) is 3.34. The lowest BCUT2D eigenvalue weighted by Gasteiger charge is -2.24. The molecule has 0 aliphatic rings. The lowest BCUT2D eigenvalue weighted by Crippen LogP contribution is -2.33. The number of hydrogen-bond donors (Lipinski definition) is 1. The standard InChI is InChI=1S/C18H18N2O2S2/c1-21-15-8-6-14(7-9-15)19-18(23)20(12-16-4-2-10-22-16)13-17-5-3-11-24-17/h2-11H,12-13H2,1H3,(H,19,23). The van der Waals surface area contributed by atoms with Gasteiger partial charge in [0.15, 0.2) is 5.11 Å². The van der Waals surface area contributed by atoms with E-state index in [0.29, 0.717) is 11.7 Å². The SMILES string of the molecule is COc1ccc(NC(=S)N(Cc2ccco2)Cc2cccs2)cc1. The second kappa shape index (κ2) is 7.99. The van der Waals surface area contributed by atoms with Gasteiger partial charge in [-0.25, -0.2) is 0 Å². The summed E-state index contributed by atoms with van der Waals surface area (Å²) in [7, 11) is 1.65. The Kier molecular flexibility index (Phi) is 5.51. The molecule has 0 amide bonds. The highest BCUT2D eigenvalue weighted by Gasteiger charge is 2.13. The fourth-order valence-electron chi connectivity index (χ4n) is 2.26. The van der Waals surface area contributed by atoms with Crippen molar-refractivity contribution in [2.24, 2.45) is 0 Å². The first kappa shape index (κ1) is 16.5. The fraction of sp³-hybridized carbons (Fsp3) is 0.167. The van der Waals surface area contributed by atoms with Gasteiger partial charge in [0.1, 0.15) is 11.5 Å². The largest absolute Gasteiger partial charge is 0.497 e. The number of anilines is 1. The van der Waals surface area contributed by atoms with Gasteiger partial charge in [0.05, 0.1) is 26.5 Å².